The lowest BCUT2D eigenvalue weighted by molar-refractivity contribution is 0.105. The van der Waals surface area contributed by atoms with Gasteiger partial charge in [0.15, 0.2) is 0 Å². The van der Waals surface area contributed by atoms with Crippen LogP contribution in [-0.2, 0) is 0 Å². The van der Waals surface area contributed by atoms with Crippen LogP contribution in [0.3, 0.4) is 0 Å². The summed E-state index contributed by atoms with van der Waals surface area (Å²) < 4.78 is 5.44. The molecule has 0 spiro atoms. The first-order chi connectivity index (χ1) is 11.7. The van der Waals surface area contributed by atoms with Gasteiger partial charge in [-0.15, -0.1) is 0 Å². The van der Waals surface area contributed by atoms with Gasteiger partial charge in [0.05, 0.1) is 25.5 Å². The molecule has 3 N–H and O–H groups in total. The average molecular weight is 324 g/mol. The first-order valence-electron chi connectivity index (χ1n) is 7.79. The van der Waals surface area contributed by atoms with Crippen LogP contribution >= 0.6 is 0 Å². The predicted molar refractivity (Wildman–Crippen MR) is 95.3 cm³/mol. The molecular weight excluding hydrogens is 304 g/mol. The second-order valence-corrected chi connectivity index (χ2v) is 5.49. The van der Waals surface area contributed by atoms with Gasteiger partial charge in [-0.05, 0) is 12.1 Å². The van der Waals surface area contributed by atoms with E-state index >= 15 is 0 Å². The first kappa shape index (κ1) is 16.2. The summed E-state index contributed by atoms with van der Waals surface area (Å²) in [6, 6.07) is 17.6. The lowest BCUT2D eigenvalue weighted by atomic mass is 10.1. The topological polar surface area (TPSA) is 74.6 Å². The number of pyridine rings is 1. The van der Waals surface area contributed by atoms with Crippen LogP contribution in [0.15, 0.2) is 54.6 Å². The molecule has 5 heteroatoms. The Morgan fingerprint density at radius 3 is 2.62 bits per heavy atom. The van der Waals surface area contributed by atoms with Crippen LogP contribution in [0.25, 0.3) is 22.2 Å². The second-order valence-electron chi connectivity index (χ2n) is 5.49. The van der Waals surface area contributed by atoms with Crippen molar-refractivity contribution in [3.05, 3.63) is 54.6 Å². The molecule has 3 rings (SSSR count). The highest BCUT2D eigenvalue weighted by atomic mass is 16.5. The Morgan fingerprint density at radius 2 is 1.92 bits per heavy atom. The zero-order valence-electron chi connectivity index (χ0n) is 13.4. The molecule has 0 fully saturated rings. The van der Waals surface area contributed by atoms with Crippen LogP contribution in [0, 0.1) is 0 Å². The molecule has 124 valence electrons. The van der Waals surface area contributed by atoms with Crippen molar-refractivity contribution >= 4 is 16.6 Å². The number of nitrogens with one attached hydrogen (secondary N) is 1. The van der Waals surface area contributed by atoms with E-state index in [9.17, 15) is 5.11 Å². The standard InChI is InChI=1S/C19H20N2O3/c1-24-18-9-5-8-15-17(20-11-14(23)12-22)10-16(21-19(15)18)13-6-3-2-4-7-13/h2-10,14,22-23H,11-12H2,1H3,(H,20,21)/t14-/m0/s1. The third kappa shape index (κ3) is 3.32. The zero-order valence-corrected chi connectivity index (χ0v) is 13.4. The number of fused-ring (bicyclic) bond motifs is 1. The summed E-state index contributed by atoms with van der Waals surface area (Å²) in [5, 5.41) is 22.7. The summed E-state index contributed by atoms with van der Waals surface area (Å²) in [5.74, 6) is 0.691. The molecule has 24 heavy (non-hydrogen) atoms. The normalized spacial score (nSPS) is 12.1. The minimum Gasteiger partial charge on any atom is -0.494 e. The maximum absolute atomic E-state index is 9.63. The van der Waals surface area contributed by atoms with Gasteiger partial charge in [0.2, 0.25) is 0 Å². The van der Waals surface area contributed by atoms with Crippen LogP contribution in [0.5, 0.6) is 5.75 Å². The molecule has 1 aromatic heterocycles. The average Bonchev–Trinajstić information content (AvgIpc) is 2.65. The minimum atomic E-state index is -0.820. The third-order valence-corrected chi connectivity index (χ3v) is 3.83. The maximum Gasteiger partial charge on any atom is 0.145 e. The highest BCUT2D eigenvalue weighted by molar-refractivity contribution is 5.97. The summed E-state index contributed by atoms with van der Waals surface area (Å²) in [6.07, 6.45) is -0.820. The fourth-order valence-electron chi connectivity index (χ4n) is 2.58. The van der Waals surface area contributed by atoms with E-state index < -0.39 is 6.10 Å². The molecule has 5 nitrogen and oxygen atoms in total. The summed E-state index contributed by atoms with van der Waals surface area (Å²) in [7, 11) is 1.62. The number of hydrogen-bond donors (Lipinski definition) is 3. The van der Waals surface area contributed by atoms with Crippen molar-refractivity contribution in [1.29, 1.82) is 0 Å². The van der Waals surface area contributed by atoms with Crippen molar-refractivity contribution in [1.82, 2.24) is 4.98 Å². The number of nitrogens with zero attached hydrogens (tertiary/aromatic N) is 1. The lowest BCUT2D eigenvalue weighted by Crippen LogP contribution is -2.23. The van der Waals surface area contributed by atoms with E-state index in [0.29, 0.717) is 5.75 Å². The lowest BCUT2D eigenvalue weighted by Gasteiger charge is -2.15. The number of hydrogen-bond acceptors (Lipinski definition) is 5. The van der Waals surface area contributed by atoms with Crippen molar-refractivity contribution in [2.24, 2.45) is 0 Å². The molecule has 0 bridgehead atoms. The molecule has 0 saturated carbocycles. The van der Waals surface area contributed by atoms with Gasteiger partial charge in [0, 0.05) is 23.2 Å². The maximum atomic E-state index is 9.63. The van der Waals surface area contributed by atoms with Crippen molar-refractivity contribution in [2.75, 3.05) is 25.6 Å². The first-order valence-corrected chi connectivity index (χ1v) is 7.79. The molecule has 0 radical (unpaired) electrons. The van der Waals surface area contributed by atoms with Gasteiger partial charge in [-0.25, -0.2) is 4.98 Å². The SMILES string of the molecule is COc1cccc2c(NC[C@H](O)CO)cc(-c3ccccc3)nc12. The number of benzene rings is 2. The number of methoxy groups -OCH3 is 1. The van der Waals surface area contributed by atoms with E-state index in [2.05, 4.69) is 5.32 Å². The fourth-order valence-corrected chi connectivity index (χ4v) is 2.58. The predicted octanol–water partition coefficient (Wildman–Crippen LogP) is 2.68. The van der Waals surface area contributed by atoms with Crippen molar-refractivity contribution in [3.8, 4) is 17.0 Å². The van der Waals surface area contributed by atoms with Gasteiger partial charge in [0.1, 0.15) is 11.3 Å². The molecule has 0 aliphatic heterocycles. The van der Waals surface area contributed by atoms with Gasteiger partial charge in [-0.1, -0.05) is 42.5 Å². The van der Waals surface area contributed by atoms with E-state index in [1.807, 2.05) is 54.6 Å². The molecule has 1 heterocycles. The van der Waals surface area contributed by atoms with Gasteiger partial charge in [0.25, 0.3) is 0 Å². The smallest absolute Gasteiger partial charge is 0.145 e. The van der Waals surface area contributed by atoms with Gasteiger partial charge < -0.3 is 20.3 Å². The van der Waals surface area contributed by atoms with Crippen LogP contribution in [0.2, 0.25) is 0 Å². The van der Waals surface area contributed by atoms with Crippen LogP contribution in [0.1, 0.15) is 0 Å². The largest absolute Gasteiger partial charge is 0.494 e. The Morgan fingerprint density at radius 1 is 1.12 bits per heavy atom. The van der Waals surface area contributed by atoms with Crippen molar-refractivity contribution < 1.29 is 14.9 Å². The minimum absolute atomic E-state index is 0.251. The highest BCUT2D eigenvalue weighted by Gasteiger charge is 2.12. The fraction of sp³-hybridized carbons (Fsp3) is 0.211. The Balaban J connectivity index is 2.13. The van der Waals surface area contributed by atoms with Gasteiger partial charge in [-0.3, -0.25) is 0 Å². The van der Waals surface area contributed by atoms with E-state index in [1.165, 1.54) is 0 Å². The number of para-hydroxylation sites is 1. The number of ether oxygens (including phenoxy) is 1. The molecule has 3 aromatic rings. The Hall–Kier alpha value is -2.63. The molecule has 0 unspecified atom stereocenters. The molecule has 0 aliphatic carbocycles. The summed E-state index contributed by atoms with van der Waals surface area (Å²) in [5.41, 5.74) is 3.40. The number of aliphatic hydroxyl groups excluding tert-OH is 2. The molecule has 0 aliphatic rings. The van der Waals surface area contributed by atoms with Crippen molar-refractivity contribution in [3.63, 3.8) is 0 Å². The van der Waals surface area contributed by atoms with Crippen molar-refractivity contribution in [2.45, 2.75) is 6.10 Å². The van der Waals surface area contributed by atoms with E-state index in [4.69, 9.17) is 14.8 Å². The number of rotatable bonds is 6. The number of aromatic nitrogens is 1. The highest BCUT2D eigenvalue weighted by Crippen LogP contribution is 2.33. The third-order valence-electron chi connectivity index (χ3n) is 3.83. The summed E-state index contributed by atoms with van der Waals surface area (Å²) in [6.45, 7) is -0.0358. The molecule has 2 aromatic carbocycles. The summed E-state index contributed by atoms with van der Waals surface area (Å²) >= 11 is 0. The van der Waals surface area contributed by atoms with Crippen LogP contribution in [0.4, 0.5) is 5.69 Å². The van der Waals surface area contributed by atoms with Gasteiger partial charge >= 0.3 is 0 Å². The zero-order chi connectivity index (χ0) is 16.9. The molecule has 0 amide bonds. The van der Waals surface area contributed by atoms with E-state index in [0.717, 1.165) is 27.8 Å². The van der Waals surface area contributed by atoms with Crippen LogP contribution < -0.4 is 10.1 Å². The second kappa shape index (κ2) is 7.29. The number of aliphatic hydroxyl groups is 2. The quantitative estimate of drug-likeness (QED) is 0.650. The Labute approximate surface area is 140 Å². The van der Waals surface area contributed by atoms with E-state index in [-0.39, 0.29) is 13.2 Å². The Kier molecular flexibility index (Phi) is 4.93. The monoisotopic (exact) mass is 324 g/mol. The summed E-state index contributed by atoms with van der Waals surface area (Å²) in [4.78, 5) is 4.75. The Bertz CT molecular complexity index is 821. The number of anilines is 1. The van der Waals surface area contributed by atoms with E-state index in [1.54, 1.807) is 7.11 Å². The molecule has 1 atom stereocenters. The molecular formula is C19H20N2O3. The van der Waals surface area contributed by atoms with Gasteiger partial charge in [-0.2, -0.15) is 0 Å². The molecule has 0 saturated heterocycles. The van der Waals surface area contributed by atoms with Crippen LogP contribution in [-0.4, -0.2) is 41.6 Å².